The summed E-state index contributed by atoms with van der Waals surface area (Å²) in [5, 5.41) is 2.88. The summed E-state index contributed by atoms with van der Waals surface area (Å²) in [6, 6.07) is 11.2. The van der Waals surface area contributed by atoms with Crippen LogP contribution in [0.5, 0.6) is 0 Å². The van der Waals surface area contributed by atoms with Crippen LogP contribution in [0.2, 0.25) is 0 Å². The first-order valence-corrected chi connectivity index (χ1v) is 9.05. The number of carbonyl (C=O) groups is 1. The number of pyridine rings is 1. The Morgan fingerprint density at radius 1 is 1.11 bits per heavy atom. The first kappa shape index (κ1) is 17.7. The number of aromatic nitrogens is 5. The Kier molecular flexibility index (Phi) is 4.76. The molecule has 28 heavy (non-hydrogen) atoms. The Labute approximate surface area is 161 Å². The SMILES string of the molecule is CCn1c(=O)n(CC(=O)NCc2ccnc(-n3ccnc3)c2)c2ccccc21. The van der Waals surface area contributed by atoms with E-state index in [4.69, 9.17) is 0 Å². The van der Waals surface area contributed by atoms with E-state index in [9.17, 15) is 9.59 Å². The molecule has 1 N–H and O–H groups in total. The van der Waals surface area contributed by atoms with Gasteiger partial charge in [-0.2, -0.15) is 0 Å². The predicted octanol–water partition coefficient (Wildman–Crippen LogP) is 1.72. The van der Waals surface area contributed by atoms with Crippen LogP contribution in [0.4, 0.5) is 0 Å². The van der Waals surface area contributed by atoms with Crippen LogP contribution in [-0.2, 0) is 24.4 Å². The van der Waals surface area contributed by atoms with Crippen molar-refractivity contribution in [2.45, 2.75) is 26.6 Å². The highest BCUT2D eigenvalue weighted by Gasteiger charge is 2.14. The highest BCUT2D eigenvalue weighted by Crippen LogP contribution is 2.12. The summed E-state index contributed by atoms with van der Waals surface area (Å²) in [7, 11) is 0. The lowest BCUT2D eigenvalue weighted by Crippen LogP contribution is -2.32. The highest BCUT2D eigenvalue weighted by molar-refractivity contribution is 5.80. The summed E-state index contributed by atoms with van der Waals surface area (Å²) in [5.41, 5.74) is 2.33. The number of para-hydroxylation sites is 2. The van der Waals surface area contributed by atoms with Gasteiger partial charge in [0.2, 0.25) is 5.91 Å². The van der Waals surface area contributed by atoms with Crippen molar-refractivity contribution in [1.29, 1.82) is 0 Å². The summed E-state index contributed by atoms with van der Waals surface area (Å²) < 4.78 is 4.98. The van der Waals surface area contributed by atoms with Crippen LogP contribution >= 0.6 is 0 Å². The van der Waals surface area contributed by atoms with Crippen molar-refractivity contribution in [3.05, 3.63) is 77.4 Å². The van der Waals surface area contributed by atoms with Crippen LogP contribution < -0.4 is 11.0 Å². The van der Waals surface area contributed by atoms with Crippen LogP contribution in [-0.4, -0.2) is 29.6 Å². The molecule has 4 rings (SSSR count). The average Bonchev–Trinajstić information content (AvgIpc) is 3.34. The fourth-order valence-electron chi connectivity index (χ4n) is 3.24. The lowest BCUT2D eigenvalue weighted by atomic mass is 10.2. The van der Waals surface area contributed by atoms with Gasteiger partial charge >= 0.3 is 5.69 Å². The minimum Gasteiger partial charge on any atom is -0.350 e. The van der Waals surface area contributed by atoms with Gasteiger partial charge in [-0.05, 0) is 36.8 Å². The molecule has 0 saturated carbocycles. The van der Waals surface area contributed by atoms with Gasteiger partial charge in [0.25, 0.3) is 0 Å². The summed E-state index contributed by atoms with van der Waals surface area (Å²) >= 11 is 0. The molecule has 4 aromatic rings. The number of nitrogens with zero attached hydrogens (tertiary/aromatic N) is 5. The summed E-state index contributed by atoms with van der Waals surface area (Å²) in [5.74, 6) is 0.508. The van der Waals surface area contributed by atoms with Gasteiger partial charge in [-0.3, -0.25) is 18.5 Å². The van der Waals surface area contributed by atoms with Crippen molar-refractivity contribution in [3.63, 3.8) is 0 Å². The minimum absolute atomic E-state index is 0.0220. The van der Waals surface area contributed by atoms with Gasteiger partial charge in [0.15, 0.2) is 0 Å². The topological polar surface area (TPSA) is 86.7 Å². The Morgan fingerprint density at radius 2 is 1.89 bits per heavy atom. The number of hydrogen-bond donors (Lipinski definition) is 1. The lowest BCUT2D eigenvalue weighted by molar-refractivity contribution is -0.121. The number of imidazole rings is 2. The fraction of sp³-hybridized carbons (Fsp3) is 0.200. The van der Waals surface area contributed by atoms with E-state index in [2.05, 4.69) is 15.3 Å². The van der Waals surface area contributed by atoms with Crippen LogP contribution in [0.15, 0.2) is 66.1 Å². The van der Waals surface area contributed by atoms with E-state index in [1.165, 1.54) is 4.57 Å². The monoisotopic (exact) mass is 376 g/mol. The molecule has 0 atom stereocenters. The standard InChI is InChI=1S/C20H20N6O2/c1-2-25-16-5-3-4-6-17(16)26(20(25)28)13-19(27)23-12-15-7-8-22-18(11-15)24-10-9-21-14-24/h3-11,14H,2,12-13H2,1H3,(H,23,27). The smallest absolute Gasteiger partial charge is 0.329 e. The zero-order chi connectivity index (χ0) is 19.5. The van der Waals surface area contributed by atoms with Gasteiger partial charge in [-0.1, -0.05) is 12.1 Å². The molecule has 0 radical (unpaired) electrons. The van der Waals surface area contributed by atoms with Crippen LogP contribution in [0, 0.1) is 0 Å². The second-order valence-corrected chi connectivity index (χ2v) is 6.37. The number of amides is 1. The zero-order valence-corrected chi connectivity index (χ0v) is 15.4. The summed E-state index contributed by atoms with van der Waals surface area (Å²) in [4.78, 5) is 33.4. The Balaban J connectivity index is 1.49. The molecule has 3 aromatic heterocycles. The third-order valence-corrected chi connectivity index (χ3v) is 4.61. The van der Waals surface area contributed by atoms with E-state index in [0.717, 1.165) is 22.4 Å². The maximum absolute atomic E-state index is 12.6. The Hall–Kier alpha value is -3.68. The van der Waals surface area contributed by atoms with Crippen molar-refractivity contribution in [2.75, 3.05) is 0 Å². The molecule has 0 bridgehead atoms. The molecule has 0 unspecified atom stereocenters. The normalized spacial score (nSPS) is 11.0. The van der Waals surface area contributed by atoms with Gasteiger partial charge in [0.05, 0.1) is 11.0 Å². The molecule has 0 aliphatic carbocycles. The number of aryl methyl sites for hydroxylation is 1. The zero-order valence-electron chi connectivity index (χ0n) is 15.4. The second kappa shape index (κ2) is 7.51. The van der Waals surface area contributed by atoms with Gasteiger partial charge in [-0.25, -0.2) is 14.8 Å². The van der Waals surface area contributed by atoms with E-state index in [-0.39, 0.29) is 18.1 Å². The summed E-state index contributed by atoms with van der Waals surface area (Å²) in [6.45, 7) is 2.80. The average molecular weight is 376 g/mol. The van der Waals surface area contributed by atoms with Gasteiger partial charge in [0.1, 0.15) is 18.7 Å². The minimum atomic E-state index is -0.220. The lowest BCUT2D eigenvalue weighted by Gasteiger charge is -2.08. The molecule has 0 saturated heterocycles. The molecule has 0 spiro atoms. The molecule has 3 heterocycles. The molecule has 8 heteroatoms. The van der Waals surface area contributed by atoms with Gasteiger partial charge in [0, 0.05) is 31.7 Å². The van der Waals surface area contributed by atoms with Gasteiger partial charge < -0.3 is 5.32 Å². The maximum Gasteiger partial charge on any atom is 0.329 e. The number of benzene rings is 1. The van der Waals surface area contributed by atoms with Crippen LogP contribution in [0.25, 0.3) is 16.9 Å². The molecule has 0 aliphatic rings. The van der Waals surface area contributed by atoms with Crippen LogP contribution in [0.1, 0.15) is 12.5 Å². The molecule has 0 aliphatic heterocycles. The molecule has 1 amide bonds. The van der Waals surface area contributed by atoms with E-state index < -0.39 is 0 Å². The first-order chi connectivity index (χ1) is 13.7. The van der Waals surface area contributed by atoms with Crippen molar-refractivity contribution in [2.24, 2.45) is 0 Å². The largest absolute Gasteiger partial charge is 0.350 e. The van der Waals surface area contributed by atoms with Crippen molar-refractivity contribution >= 4 is 16.9 Å². The molecule has 0 fully saturated rings. The molecule has 1 aromatic carbocycles. The number of fused-ring (bicyclic) bond motifs is 1. The van der Waals surface area contributed by atoms with Crippen molar-refractivity contribution < 1.29 is 4.79 Å². The van der Waals surface area contributed by atoms with E-state index in [1.54, 1.807) is 34.1 Å². The Bertz CT molecular complexity index is 1170. The number of rotatable bonds is 6. The third-order valence-electron chi connectivity index (χ3n) is 4.61. The third kappa shape index (κ3) is 3.32. The first-order valence-electron chi connectivity index (χ1n) is 9.05. The number of hydrogen-bond acceptors (Lipinski definition) is 4. The molecular weight excluding hydrogens is 356 g/mol. The van der Waals surface area contributed by atoms with Crippen molar-refractivity contribution in [1.82, 2.24) is 29.0 Å². The fourth-order valence-corrected chi connectivity index (χ4v) is 3.24. The number of carbonyl (C=O) groups excluding carboxylic acids is 1. The van der Waals surface area contributed by atoms with Crippen LogP contribution in [0.3, 0.4) is 0 Å². The van der Waals surface area contributed by atoms with Gasteiger partial charge in [-0.15, -0.1) is 0 Å². The second-order valence-electron chi connectivity index (χ2n) is 6.37. The predicted molar refractivity (Wildman–Crippen MR) is 105 cm³/mol. The number of nitrogens with one attached hydrogen (secondary N) is 1. The van der Waals surface area contributed by atoms with Crippen molar-refractivity contribution in [3.8, 4) is 5.82 Å². The van der Waals surface area contributed by atoms with E-state index in [1.807, 2.05) is 43.3 Å². The quantitative estimate of drug-likeness (QED) is 0.555. The molecule has 8 nitrogen and oxygen atoms in total. The molecule has 142 valence electrons. The maximum atomic E-state index is 12.6. The Morgan fingerprint density at radius 3 is 2.61 bits per heavy atom. The highest BCUT2D eigenvalue weighted by atomic mass is 16.2. The van der Waals surface area contributed by atoms with E-state index >= 15 is 0 Å². The van der Waals surface area contributed by atoms with E-state index in [0.29, 0.717) is 13.1 Å². The summed E-state index contributed by atoms with van der Waals surface area (Å²) in [6.07, 6.45) is 6.85. The molecular formula is C20H20N6O2.